The number of aliphatic hydroxyl groups excluding tert-OH is 1. The van der Waals surface area contributed by atoms with Crippen molar-refractivity contribution >= 4 is 17.4 Å². The van der Waals surface area contributed by atoms with Gasteiger partial charge in [0.25, 0.3) is 11.7 Å². The average Bonchev–Trinajstić information content (AvgIpc) is 2.91. The first-order chi connectivity index (χ1) is 12.5. The standard InChI is InChI=1S/C20H19NO5/c1-21-17(12-7-5-4-6-8-12)16(19(23)20(21)24)18(22)13-9-10-14(25-2)15(11-13)26-3/h4-11,17,22H,1-3H3/t17-/m0/s1. The molecule has 2 aromatic carbocycles. The first-order valence-corrected chi connectivity index (χ1v) is 8.01. The molecular weight excluding hydrogens is 334 g/mol. The molecule has 0 unspecified atom stereocenters. The number of nitrogens with zero attached hydrogens (tertiary/aromatic N) is 1. The third-order valence-electron chi connectivity index (χ3n) is 4.45. The van der Waals surface area contributed by atoms with Gasteiger partial charge in [-0.25, -0.2) is 0 Å². The lowest BCUT2D eigenvalue weighted by Crippen LogP contribution is -2.24. The highest BCUT2D eigenvalue weighted by Crippen LogP contribution is 2.39. The van der Waals surface area contributed by atoms with Crippen molar-refractivity contribution in [3.05, 3.63) is 65.2 Å². The monoisotopic (exact) mass is 353 g/mol. The van der Waals surface area contributed by atoms with Gasteiger partial charge >= 0.3 is 0 Å². The molecule has 0 spiro atoms. The van der Waals surface area contributed by atoms with Gasteiger partial charge in [-0.1, -0.05) is 30.3 Å². The summed E-state index contributed by atoms with van der Waals surface area (Å²) in [5.74, 6) is -0.699. The number of aliphatic hydroxyl groups is 1. The molecular formula is C20H19NO5. The second kappa shape index (κ2) is 6.92. The molecule has 26 heavy (non-hydrogen) atoms. The number of amides is 1. The second-order valence-corrected chi connectivity index (χ2v) is 5.89. The maximum Gasteiger partial charge on any atom is 0.295 e. The van der Waals surface area contributed by atoms with Crippen LogP contribution in [0.2, 0.25) is 0 Å². The zero-order valence-corrected chi connectivity index (χ0v) is 14.7. The van der Waals surface area contributed by atoms with E-state index in [0.717, 1.165) is 5.56 Å². The Morgan fingerprint density at radius 1 is 1.00 bits per heavy atom. The van der Waals surface area contributed by atoms with E-state index in [0.29, 0.717) is 17.1 Å². The van der Waals surface area contributed by atoms with Crippen LogP contribution in [0.25, 0.3) is 5.76 Å². The summed E-state index contributed by atoms with van der Waals surface area (Å²) in [6.45, 7) is 0. The van der Waals surface area contributed by atoms with E-state index in [9.17, 15) is 14.7 Å². The molecule has 0 bridgehead atoms. The molecule has 1 heterocycles. The largest absolute Gasteiger partial charge is 0.507 e. The summed E-state index contributed by atoms with van der Waals surface area (Å²) < 4.78 is 10.4. The van der Waals surface area contributed by atoms with E-state index in [1.165, 1.54) is 19.1 Å². The van der Waals surface area contributed by atoms with Crippen molar-refractivity contribution in [3.63, 3.8) is 0 Å². The van der Waals surface area contributed by atoms with Crippen LogP contribution in [-0.4, -0.2) is 43.0 Å². The molecule has 1 amide bonds. The zero-order chi connectivity index (χ0) is 18.8. The fourth-order valence-electron chi connectivity index (χ4n) is 3.11. The molecule has 1 atom stereocenters. The van der Waals surface area contributed by atoms with Crippen molar-refractivity contribution in [2.75, 3.05) is 21.3 Å². The Bertz CT molecular complexity index is 888. The summed E-state index contributed by atoms with van der Waals surface area (Å²) in [7, 11) is 4.54. The third-order valence-corrected chi connectivity index (χ3v) is 4.45. The van der Waals surface area contributed by atoms with Gasteiger partial charge in [0.15, 0.2) is 11.5 Å². The van der Waals surface area contributed by atoms with Gasteiger partial charge in [0, 0.05) is 12.6 Å². The number of carbonyl (C=O) groups excluding carboxylic acids is 2. The quantitative estimate of drug-likeness (QED) is 0.520. The number of likely N-dealkylation sites (tertiary alicyclic amines) is 1. The number of Topliss-reactive ketones (excluding diaryl/α,β-unsaturated/α-hetero) is 1. The van der Waals surface area contributed by atoms with Gasteiger partial charge in [0.2, 0.25) is 0 Å². The summed E-state index contributed by atoms with van der Waals surface area (Å²) in [5.41, 5.74) is 1.17. The highest BCUT2D eigenvalue weighted by molar-refractivity contribution is 6.46. The van der Waals surface area contributed by atoms with E-state index in [4.69, 9.17) is 9.47 Å². The summed E-state index contributed by atoms with van der Waals surface area (Å²) in [5, 5.41) is 10.8. The Morgan fingerprint density at radius 2 is 1.65 bits per heavy atom. The van der Waals surface area contributed by atoms with E-state index < -0.39 is 17.7 Å². The Hall–Kier alpha value is -3.28. The van der Waals surface area contributed by atoms with Crippen LogP contribution in [0.5, 0.6) is 11.5 Å². The first kappa shape index (κ1) is 17.5. The number of methoxy groups -OCH3 is 2. The normalized spacial score (nSPS) is 18.9. The van der Waals surface area contributed by atoms with Crippen LogP contribution in [0, 0.1) is 0 Å². The summed E-state index contributed by atoms with van der Waals surface area (Å²) >= 11 is 0. The Morgan fingerprint density at radius 3 is 2.27 bits per heavy atom. The minimum Gasteiger partial charge on any atom is -0.507 e. The summed E-state index contributed by atoms with van der Waals surface area (Å²) in [4.78, 5) is 26.1. The van der Waals surface area contributed by atoms with E-state index >= 15 is 0 Å². The molecule has 1 fully saturated rings. The maximum atomic E-state index is 12.5. The topological polar surface area (TPSA) is 76.1 Å². The first-order valence-electron chi connectivity index (χ1n) is 8.01. The Labute approximate surface area is 151 Å². The predicted octanol–water partition coefficient (Wildman–Crippen LogP) is 2.76. The number of ketones is 1. The average molecular weight is 353 g/mol. The van der Waals surface area contributed by atoms with E-state index in [2.05, 4.69) is 0 Å². The van der Waals surface area contributed by atoms with Crippen LogP contribution in [0.15, 0.2) is 54.1 Å². The number of carbonyl (C=O) groups is 2. The van der Waals surface area contributed by atoms with Crippen LogP contribution in [0.3, 0.4) is 0 Å². The van der Waals surface area contributed by atoms with Crippen molar-refractivity contribution in [1.29, 1.82) is 0 Å². The highest BCUT2D eigenvalue weighted by Gasteiger charge is 2.44. The van der Waals surface area contributed by atoms with Gasteiger partial charge in [-0.3, -0.25) is 9.59 Å². The lowest BCUT2D eigenvalue weighted by Gasteiger charge is -2.21. The van der Waals surface area contributed by atoms with E-state index in [1.807, 2.05) is 30.3 Å². The number of likely N-dealkylation sites (N-methyl/N-ethyl adjacent to an activating group) is 1. The molecule has 0 radical (unpaired) electrons. The van der Waals surface area contributed by atoms with Gasteiger partial charge < -0.3 is 19.5 Å². The van der Waals surface area contributed by atoms with Crippen molar-refractivity contribution < 1.29 is 24.2 Å². The SMILES string of the molecule is COc1ccc(C(O)=C2C(=O)C(=O)N(C)[C@H]2c2ccccc2)cc1OC. The molecule has 134 valence electrons. The third kappa shape index (κ3) is 2.79. The van der Waals surface area contributed by atoms with Gasteiger partial charge in [0.05, 0.1) is 25.8 Å². The van der Waals surface area contributed by atoms with E-state index in [1.54, 1.807) is 25.2 Å². The fourth-order valence-corrected chi connectivity index (χ4v) is 3.11. The number of benzene rings is 2. The van der Waals surface area contributed by atoms with Crippen LogP contribution in [0.1, 0.15) is 17.2 Å². The van der Waals surface area contributed by atoms with Crippen LogP contribution in [0.4, 0.5) is 0 Å². The van der Waals surface area contributed by atoms with Crippen molar-refractivity contribution in [3.8, 4) is 11.5 Å². The Kier molecular flexibility index (Phi) is 4.67. The molecule has 6 heteroatoms. The van der Waals surface area contributed by atoms with Crippen molar-refractivity contribution in [1.82, 2.24) is 4.90 Å². The van der Waals surface area contributed by atoms with Crippen LogP contribution >= 0.6 is 0 Å². The molecule has 1 saturated heterocycles. The molecule has 0 aromatic heterocycles. The van der Waals surface area contributed by atoms with Crippen molar-refractivity contribution in [2.45, 2.75) is 6.04 Å². The van der Waals surface area contributed by atoms with Crippen LogP contribution < -0.4 is 9.47 Å². The van der Waals surface area contributed by atoms with Gasteiger partial charge in [0.1, 0.15) is 5.76 Å². The number of hydrogen-bond donors (Lipinski definition) is 1. The molecule has 2 aromatic rings. The maximum absolute atomic E-state index is 12.5. The molecule has 3 rings (SSSR count). The second-order valence-electron chi connectivity index (χ2n) is 5.89. The minimum atomic E-state index is -0.714. The van der Waals surface area contributed by atoms with E-state index in [-0.39, 0.29) is 11.3 Å². The highest BCUT2D eigenvalue weighted by atomic mass is 16.5. The molecule has 1 aliphatic heterocycles. The molecule has 6 nitrogen and oxygen atoms in total. The van der Waals surface area contributed by atoms with Crippen molar-refractivity contribution in [2.24, 2.45) is 0 Å². The molecule has 0 saturated carbocycles. The number of rotatable bonds is 4. The number of hydrogen-bond acceptors (Lipinski definition) is 5. The zero-order valence-electron chi connectivity index (χ0n) is 14.7. The fraction of sp³-hybridized carbons (Fsp3) is 0.200. The lowest BCUT2D eigenvalue weighted by molar-refractivity contribution is -0.139. The van der Waals surface area contributed by atoms with Gasteiger partial charge in [-0.2, -0.15) is 0 Å². The van der Waals surface area contributed by atoms with Gasteiger partial charge in [-0.15, -0.1) is 0 Å². The smallest absolute Gasteiger partial charge is 0.295 e. The summed E-state index contributed by atoms with van der Waals surface area (Å²) in [6, 6.07) is 13.3. The minimum absolute atomic E-state index is 0.0518. The lowest BCUT2D eigenvalue weighted by atomic mass is 9.95. The molecule has 1 N–H and O–H groups in total. The molecule has 1 aliphatic rings. The molecule has 0 aliphatic carbocycles. The number of ether oxygens (including phenoxy) is 2. The van der Waals surface area contributed by atoms with Gasteiger partial charge in [-0.05, 0) is 23.8 Å². The summed E-state index contributed by atoms with van der Waals surface area (Å²) in [6.07, 6.45) is 0. The predicted molar refractivity (Wildman–Crippen MR) is 96.1 cm³/mol. The Balaban J connectivity index is 2.17. The van der Waals surface area contributed by atoms with Crippen LogP contribution in [-0.2, 0) is 9.59 Å².